The highest BCUT2D eigenvalue weighted by atomic mass is 16.3. The van der Waals surface area contributed by atoms with E-state index in [1.165, 1.54) is 5.56 Å². The van der Waals surface area contributed by atoms with Crippen LogP contribution >= 0.6 is 0 Å². The molecule has 0 aromatic heterocycles. The molecule has 3 nitrogen and oxygen atoms in total. The Bertz CT molecular complexity index is 573. The van der Waals surface area contributed by atoms with Gasteiger partial charge < -0.3 is 15.5 Å². The van der Waals surface area contributed by atoms with Crippen LogP contribution in [-0.2, 0) is 0 Å². The van der Waals surface area contributed by atoms with Crippen LogP contribution in [0.1, 0.15) is 43.9 Å². The number of nitrogens with one attached hydrogen (secondary N) is 1. The second-order valence-corrected chi connectivity index (χ2v) is 5.36. The molecule has 106 valence electrons. The topological polar surface area (TPSA) is 52.5 Å². The molecule has 0 aliphatic rings. The molecule has 2 aromatic carbocycles. The Hall–Kier alpha value is -2.16. The van der Waals surface area contributed by atoms with E-state index in [2.05, 4.69) is 31.3 Å². The molecule has 0 spiro atoms. The summed E-state index contributed by atoms with van der Waals surface area (Å²) >= 11 is 0. The molecule has 0 bridgehead atoms. The number of benzene rings is 2. The van der Waals surface area contributed by atoms with Gasteiger partial charge in [0.05, 0.1) is 11.6 Å². The normalized spacial score (nSPS) is 12.4. The number of phenols is 2. The standard InChI is InChI=1S/C17H21NO2/c1-11(2)13-6-4-7-14(10-13)18-12(3)17-15(19)8-5-9-16(17)20/h4-12,18-20H,1-3H3. The van der Waals surface area contributed by atoms with Crippen molar-refractivity contribution in [2.24, 2.45) is 0 Å². The molecule has 0 saturated carbocycles. The minimum Gasteiger partial charge on any atom is -0.507 e. The first-order valence-corrected chi connectivity index (χ1v) is 6.86. The van der Waals surface area contributed by atoms with E-state index in [-0.39, 0.29) is 17.5 Å². The summed E-state index contributed by atoms with van der Waals surface area (Å²) in [6, 6.07) is 12.8. The first-order valence-electron chi connectivity index (χ1n) is 6.86. The van der Waals surface area contributed by atoms with Crippen LogP contribution in [0.25, 0.3) is 0 Å². The van der Waals surface area contributed by atoms with Crippen molar-refractivity contribution in [3.05, 3.63) is 53.6 Å². The predicted molar refractivity (Wildman–Crippen MR) is 82.3 cm³/mol. The van der Waals surface area contributed by atoms with Crippen LogP contribution in [0.2, 0.25) is 0 Å². The lowest BCUT2D eigenvalue weighted by Gasteiger charge is -2.19. The average molecular weight is 271 g/mol. The minimum absolute atomic E-state index is 0.102. The second kappa shape index (κ2) is 5.87. The van der Waals surface area contributed by atoms with Crippen LogP contribution in [0, 0.1) is 0 Å². The predicted octanol–water partition coefficient (Wildman–Crippen LogP) is 4.39. The summed E-state index contributed by atoms with van der Waals surface area (Å²) in [5, 5.41) is 23.1. The van der Waals surface area contributed by atoms with E-state index < -0.39 is 0 Å². The van der Waals surface area contributed by atoms with Crippen molar-refractivity contribution in [2.75, 3.05) is 5.32 Å². The summed E-state index contributed by atoms with van der Waals surface area (Å²) < 4.78 is 0. The van der Waals surface area contributed by atoms with E-state index in [0.717, 1.165) is 5.69 Å². The van der Waals surface area contributed by atoms with Crippen LogP contribution < -0.4 is 5.32 Å². The van der Waals surface area contributed by atoms with Crippen LogP contribution in [0.3, 0.4) is 0 Å². The summed E-state index contributed by atoms with van der Waals surface area (Å²) in [5.74, 6) is 0.667. The lowest BCUT2D eigenvalue weighted by atomic mass is 10.0. The molecule has 0 aliphatic heterocycles. The van der Waals surface area contributed by atoms with E-state index in [1.54, 1.807) is 18.2 Å². The largest absolute Gasteiger partial charge is 0.507 e. The summed E-state index contributed by atoms with van der Waals surface area (Å²) in [4.78, 5) is 0. The van der Waals surface area contributed by atoms with Gasteiger partial charge in [-0.2, -0.15) is 0 Å². The molecular formula is C17H21NO2. The van der Waals surface area contributed by atoms with Gasteiger partial charge in [-0.05, 0) is 42.7 Å². The lowest BCUT2D eigenvalue weighted by molar-refractivity contribution is 0.434. The molecular weight excluding hydrogens is 250 g/mol. The summed E-state index contributed by atoms with van der Waals surface area (Å²) in [6.07, 6.45) is 0. The molecule has 0 radical (unpaired) electrons. The average Bonchev–Trinajstić information content (AvgIpc) is 2.38. The van der Waals surface area contributed by atoms with Crippen LogP contribution in [0.5, 0.6) is 11.5 Å². The van der Waals surface area contributed by atoms with Gasteiger partial charge in [0.15, 0.2) is 0 Å². The maximum atomic E-state index is 9.88. The van der Waals surface area contributed by atoms with Crippen LogP contribution in [0.4, 0.5) is 5.69 Å². The van der Waals surface area contributed by atoms with E-state index in [1.807, 2.05) is 19.1 Å². The number of rotatable bonds is 4. The molecule has 20 heavy (non-hydrogen) atoms. The third-order valence-electron chi connectivity index (χ3n) is 3.43. The zero-order valence-electron chi connectivity index (χ0n) is 12.1. The molecule has 3 heteroatoms. The molecule has 0 saturated heterocycles. The van der Waals surface area contributed by atoms with Crippen LogP contribution in [0.15, 0.2) is 42.5 Å². The van der Waals surface area contributed by atoms with E-state index >= 15 is 0 Å². The van der Waals surface area contributed by atoms with E-state index in [9.17, 15) is 10.2 Å². The van der Waals surface area contributed by atoms with Crippen molar-refractivity contribution in [3.63, 3.8) is 0 Å². The zero-order chi connectivity index (χ0) is 14.7. The van der Waals surface area contributed by atoms with Gasteiger partial charge in [0.2, 0.25) is 0 Å². The fraction of sp³-hybridized carbons (Fsp3) is 0.294. The van der Waals surface area contributed by atoms with Gasteiger partial charge >= 0.3 is 0 Å². The zero-order valence-corrected chi connectivity index (χ0v) is 12.1. The maximum Gasteiger partial charge on any atom is 0.124 e. The monoisotopic (exact) mass is 271 g/mol. The summed E-state index contributed by atoms with van der Waals surface area (Å²) in [6.45, 7) is 6.21. The maximum absolute atomic E-state index is 9.88. The Labute approximate surface area is 119 Å². The Balaban J connectivity index is 2.23. The van der Waals surface area contributed by atoms with Crippen molar-refractivity contribution in [3.8, 4) is 11.5 Å². The van der Waals surface area contributed by atoms with Gasteiger partial charge in [-0.25, -0.2) is 0 Å². The highest BCUT2D eigenvalue weighted by Gasteiger charge is 2.15. The van der Waals surface area contributed by atoms with Crippen molar-refractivity contribution >= 4 is 5.69 Å². The molecule has 0 amide bonds. The molecule has 0 aliphatic carbocycles. The molecule has 2 aromatic rings. The van der Waals surface area contributed by atoms with Gasteiger partial charge in [-0.15, -0.1) is 0 Å². The highest BCUT2D eigenvalue weighted by molar-refractivity contribution is 5.52. The third-order valence-corrected chi connectivity index (χ3v) is 3.43. The third kappa shape index (κ3) is 3.05. The van der Waals surface area contributed by atoms with Gasteiger partial charge in [0, 0.05) is 5.69 Å². The summed E-state index contributed by atoms with van der Waals surface area (Å²) in [5.41, 5.74) is 2.75. The number of aromatic hydroxyl groups is 2. The molecule has 0 fully saturated rings. The van der Waals surface area contributed by atoms with Crippen molar-refractivity contribution in [1.82, 2.24) is 0 Å². The smallest absolute Gasteiger partial charge is 0.124 e. The molecule has 1 atom stereocenters. The second-order valence-electron chi connectivity index (χ2n) is 5.36. The number of hydrogen-bond donors (Lipinski definition) is 3. The fourth-order valence-corrected chi connectivity index (χ4v) is 2.29. The molecule has 0 heterocycles. The number of anilines is 1. The van der Waals surface area contributed by atoms with Crippen LogP contribution in [-0.4, -0.2) is 10.2 Å². The van der Waals surface area contributed by atoms with Gasteiger partial charge in [-0.3, -0.25) is 0 Å². The molecule has 2 rings (SSSR count). The Morgan fingerprint density at radius 2 is 1.50 bits per heavy atom. The van der Waals surface area contributed by atoms with Crippen molar-refractivity contribution in [2.45, 2.75) is 32.7 Å². The lowest BCUT2D eigenvalue weighted by Crippen LogP contribution is -2.07. The van der Waals surface area contributed by atoms with Gasteiger partial charge in [0.25, 0.3) is 0 Å². The minimum atomic E-state index is -0.182. The van der Waals surface area contributed by atoms with E-state index in [0.29, 0.717) is 11.5 Å². The van der Waals surface area contributed by atoms with Gasteiger partial charge in [0.1, 0.15) is 11.5 Å². The SMILES string of the molecule is CC(C)c1cccc(NC(C)c2c(O)cccc2O)c1. The van der Waals surface area contributed by atoms with Crippen molar-refractivity contribution < 1.29 is 10.2 Å². The fourth-order valence-electron chi connectivity index (χ4n) is 2.29. The number of phenolic OH excluding ortho intramolecular Hbond substituents is 2. The van der Waals surface area contributed by atoms with Gasteiger partial charge in [-0.1, -0.05) is 32.0 Å². The summed E-state index contributed by atoms with van der Waals surface area (Å²) in [7, 11) is 0. The Kier molecular flexibility index (Phi) is 4.18. The highest BCUT2D eigenvalue weighted by Crippen LogP contribution is 2.34. The Morgan fingerprint density at radius 1 is 0.900 bits per heavy atom. The first-order chi connectivity index (χ1) is 9.49. The first kappa shape index (κ1) is 14.3. The molecule has 3 N–H and O–H groups in total. The molecule has 1 unspecified atom stereocenters. The Morgan fingerprint density at radius 3 is 2.10 bits per heavy atom. The quantitative estimate of drug-likeness (QED) is 0.772. The number of hydrogen-bond acceptors (Lipinski definition) is 3. The van der Waals surface area contributed by atoms with E-state index in [4.69, 9.17) is 0 Å². The van der Waals surface area contributed by atoms with Crippen molar-refractivity contribution in [1.29, 1.82) is 0 Å².